The lowest BCUT2D eigenvalue weighted by atomic mass is 10.3. The minimum Gasteiger partial charge on any atom is -0.490 e. The minimum absolute atomic E-state index is 0.319. The molecule has 0 saturated heterocycles. The average molecular weight is 415 g/mol. The zero-order valence-corrected chi connectivity index (χ0v) is 15.2. The molecule has 0 atom stereocenters. The van der Waals surface area contributed by atoms with Crippen molar-refractivity contribution in [1.29, 1.82) is 0 Å². The van der Waals surface area contributed by atoms with Gasteiger partial charge in [0.1, 0.15) is 0 Å². The van der Waals surface area contributed by atoms with Crippen LogP contribution in [-0.4, -0.2) is 36.7 Å². The SMILES string of the molecule is CCOc1ccccc1OCC(=O)OCC(=O)Nc1ncc(Br)s1. The number of amides is 1. The van der Waals surface area contributed by atoms with Gasteiger partial charge in [-0.1, -0.05) is 23.5 Å². The van der Waals surface area contributed by atoms with Crippen LogP contribution in [0.1, 0.15) is 6.92 Å². The summed E-state index contributed by atoms with van der Waals surface area (Å²) in [6, 6.07) is 7.00. The molecule has 2 rings (SSSR count). The molecule has 0 saturated carbocycles. The van der Waals surface area contributed by atoms with Crippen LogP contribution >= 0.6 is 27.3 Å². The predicted octanol–water partition coefficient (Wildman–Crippen LogP) is 2.87. The van der Waals surface area contributed by atoms with Crippen LogP contribution in [-0.2, 0) is 14.3 Å². The van der Waals surface area contributed by atoms with Crippen LogP contribution in [0.25, 0.3) is 0 Å². The van der Waals surface area contributed by atoms with Gasteiger partial charge in [-0.2, -0.15) is 0 Å². The summed E-state index contributed by atoms with van der Waals surface area (Å²) in [6.45, 7) is 1.61. The van der Waals surface area contributed by atoms with Crippen LogP contribution in [0.5, 0.6) is 11.5 Å². The number of esters is 1. The van der Waals surface area contributed by atoms with Crippen LogP contribution in [0.15, 0.2) is 34.2 Å². The van der Waals surface area contributed by atoms with Gasteiger partial charge in [0, 0.05) is 0 Å². The Kier molecular flexibility index (Phi) is 7.01. The Labute approximate surface area is 151 Å². The van der Waals surface area contributed by atoms with E-state index >= 15 is 0 Å². The van der Waals surface area contributed by atoms with Crippen molar-refractivity contribution >= 4 is 44.3 Å². The number of halogens is 1. The third-order valence-electron chi connectivity index (χ3n) is 2.58. The summed E-state index contributed by atoms with van der Waals surface area (Å²) in [5, 5.41) is 2.94. The van der Waals surface area contributed by atoms with E-state index in [1.165, 1.54) is 11.3 Å². The van der Waals surface area contributed by atoms with Gasteiger partial charge in [0.05, 0.1) is 16.6 Å². The van der Waals surface area contributed by atoms with Crippen molar-refractivity contribution < 1.29 is 23.8 Å². The number of rotatable bonds is 8. The van der Waals surface area contributed by atoms with Crippen molar-refractivity contribution in [1.82, 2.24) is 4.98 Å². The highest BCUT2D eigenvalue weighted by Crippen LogP contribution is 2.26. The van der Waals surface area contributed by atoms with Crippen molar-refractivity contribution in [2.45, 2.75) is 6.92 Å². The first-order chi connectivity index (χ1) is 11.6. The normalized spacial score (nSPS) is 10.1. The first kappa shape index (κ1) is 18.2. The zero-order chi connectivity index (χ0) is 17.4. The maximum Gasteiger partial charge on any atom is 0.344 e. The predicted molar refractivity (Wildman–Crippen MR) is 92.5 cm³/mol. The summed E-state index contributed by atoms with van der Waals surface area (Å²) in [5.74, 6) is -0.148. The van der Waals surface area contributed by atoms with Gasteiger partial charge < -0.3 is 14.2 Å². The lowest BCUT2D eigenvalue weighted by Crippen LogP contribution is -2.23. The number of carbonyl (C=O) groups excluding carboxylic acids is 2. The summed E-state index contributed by atoms with van der Waals surface area (Å²) < 4.78 is 16.4. The van der Waals surface area contributed by atoms with Crippen molar-refractivity contribution in [2.75, 3.05) is 25.1 Å². The number of thiazole rings is 1. The van der Waals surface area contributed by atoms with Gasteiger partial charge in [0.25, 0.3) is 5.91 Å². The number of carbonyl (C=O) groups is 2. The first-order valence-corrected chi connectivity index (χ1v) is 8.61. The van der Waals surface area contributed by atoms with Gasteiger partial charge in [0.15, 0.2) is 29.8 Å². The fourth-order valence-electron chi connectivity index (χ4n) is 1.64. The Hall–Kier alpha value is -2.13. The summed E-state index contributed by atoms with van der Waals surface area (Å²) >= 11 is 4.50. The van der Waals surface area contributed by atoms with Gasteiger partial charge in [-0.05, 0) is 35.0 Å². The van der Waals surface area contributed by atoms with Gasteiger partial charge in [0.2, 0.25) is 0 Å². The fraction of sp³-hybridized carbons (Fsp3) is 0.267. The van der Waals surface area contributed by atoms with Crippen molar-refractivity contribution in [3.63, 3.8) is 0 Å². The number of nitrogens with one attached hydrogen (secondary N) is 1. The zero-order valence-electron chi connectivity index (χ0n) is 12.8. The van der Waals surface area contributed by atoms with Crippen LogP contribution < -0.4 is 14.8 Å². The maximum absolute atomic E-state index is 11.7. The molecule has 128 valence electrons. The summed E-state index contributed by atoms with van der Waals surface area (Å²) in [4.78, 5) is 27.2. The second-order valence-electron chi connectivity index (χ2n) is 4.35. The maximum atomic E-state index is 11.7. The van der Waals surface area contributed by atoms with Gasteiger partial charge in [-0.25, -0.2) is 9.78 Å². The second kappa shape index (κ2) is 9.24. The smallest absolute Gasteiger partial charge is 0.344 e. The molecule has 0 radical (unpaired) electrons. The van der Waals surface area contributed by atoms with Crippen molar-refractivity contribution in [3.8, 4) is 11.5 Å². The number of hydrogen-bond donors (Lipinski definition) is 1. The van der Waals surface area contributed by atoms with Crippen LogP contribution in [0.4, 0.5) is 5.13 Å². The Morgan fingerprint density at radius 1 is 1.21 bits per heavy atom. The molecular weight excluding hydrogens is 400 g/mol. The lowest BCUT2D eigenvalue weighted by Gasteiger charge is -2.11. The highest BCUT2D eigenvalue weighted by molar-refractivity contribution is 9.11. The number of ether oxygens (including phenoxy) is 3. The van der Waals surface area contributed by atoms with Gasteiger partial charge >= 0.3 is 5.97 Å². The van der Waals surface area contributed by atoms with Crippen molar-refractivity contribution in [3.05, 3.63) is 34.2 Å². The quantitative estimate of drug-likeness (QED) is 0.668. The minimum atomic E-state index is -0.656. The molecule has 0 aliphatic carbocycles. The highest BCUT2D eigenvalue weighted by atomic mass is 79.9. The highest BCUT2D eigenvalue weighted by Gasteiger charge is 2.11. The first-order valence-electron chi connectivity index (χ1n) is 7.00. The number of benzene rings is 1. The summed E-state index contributed by atoms with van der Waals surface area (Å²) in [5.41, 5.74) is 0. The fourth-order valence-corrected chi connectivity index (χ4v) is 2.76. The molecule has 0 aliphatic rings. The molecule has 1 aromatic carbocycles. The Morgan fingerprint density at radius 3 is 2.54 bits per heavy atom. The van der Waals surface area contributed by atoms with Crippen LogP contribution in [0.2, 0.25) is 0 Å². The molecule has 0 fully saturated rings. The molecule has 1 aromatic heterocycles. The molecule has 0 unspecified atom stereocenters. The molecule has 2 aromatic rings. The topological polar surface area (TPSA) is 86.8 Å². The molecule has 9 heteroatoms. The molecule has 1 N–H and O–H groups in total. The van der Waals surface area contributed by atoms with E-state index in [1.807, 2.05) is 6.92 Å². The molecule has 0 bridgehead atoms. The summed E-state index contributed by atoms with van der Waals surface area (Å²) in [6.07, 6.45) is 1.57. The van der Waals surface area contributed by atoms with E-state index in [1.54, 1.807) is 30.5 Å². The number of hydrogen-bond acceptors (Lipinski definition) is 7. The number of para-hydroxylation sites is 2. The van der Waals surface area contributed by atoms with Gasteiger partial charge in [-0.15, -0.1) is 0 Å². The third kappa shape index (κ3) is 5.82. The largest absolute Gasteiger partial charge is 0.490 e. The summed E-state index contributed by atoms with van der Waals surface area (Å²) in [7, 11) is 0. The average Bonchev–Trinajstić information content (AvgIpc) is 2.97. The molecule has 0 spiro atoms. The molecule has 24 heavy (non-hydrogen) atoms. The van der Waals surface area contributed by atoms with E-state index < -0.39 is 18.5 Å². The standard InChI is InChI=1S/C15H15BrN2O5S/c1-2-21-10-5-3-4-6-11(10)22-9-14(20)23-8-13(19)18-15-17-7-12(16)24-15/h3-7H,2,8-9H2,1H3,(H,17,18,19). The molecular formula is C15H15BrN2O5S. The third-order valence-corrected chi connectivity index (χ3v) is 3.97. The molecule has 1 heterocycles. The second-order valence-corrected chi connectivity index (χ2v) is 6.76. The van der Waals surface area contributed by atoms with E-state index in [-0.39, 0.29) is 6.61 Å². The van der Waals surface area contributed by atoms with E-state index in [4.69, 9.17) is 14.2 Å². The van der Waals surface area contributed by atoms with E-state index in [2.05, 4.69) is 26.2 Å². The Balaban J connectivity index is 1.74. The lowest BCUT2D eigenvalue weighted by molar-refractivity contribution is -0.149. The van der Waals surface area contributed by atoms with Crippen molar-refractivity contribution in [2.24, 2.45) is 0 Å². The van der Waals surface area contributed by atoms with E-state index in [0.29, 0.717) is 23.2 Å². The number of aromatic nitrogens is 1. The Bertz CT molecular complexity index is 707. The monoisotopic (exact) mass is 414 g/mol. The van der Waals surface area contributed by atoms with Crippen LogP contribution in [0.3, 0.4) is 0 Å². The molecule has 0 aliphatic heterocycles. The van der Waals surface area contributed by atoms with E-state index in [9.17, 15) is 9.59 Å². The molecule has 1 amide bonds. The van der Waals surface area contributed by atoms with Crippen LogP contribution in [0, 0.1) is 0 Å². The van der Waals surface area contributed by atoms with Gasteiger partial charge in [-0.3, -0.25) is 10.1 Å². The number of nitrogens with zero attached hydrogens (tertiary/aromatic N) is 1. The molecule has 7 nitrogen and oxygen atoms in total. The van der Waals surface area contributed by atoms with E-state index in [0.717, 1.165) is 3.79 Å². The number of anilines is 1. The Morgan fingerprint density at radius 2 is 1.92 bits per heavy atom.